The molecule has 1 N–H and O–H groups in total. The molecule has 0 aromatic rings. The van der Waals surface area contributed by atoms with E-state index in [4.69, 9.17) is 4.55 Å². The van der Waals surface area contributed by atoms with Gasteiger partial charge in [0.15, 0.2) is 0 Å². The van der Waals surface area contributed by atoms with Gasteiger partial charge in [0.2, 0.25) is 0 Å². The normalized spacial score (nSPS) is 10.8. The molecule has 0 saturated heterocycles. The van der Waals surface area contributed by atoms with Gasteiger partial charge in [-0.25, -0.2) is 0 Å². The predicted octanol–water partition coefficient (Wildman–Crippen LogP) is -0.662. The Hall–Kier alpha value is 0.929. The van der Waals surface area contributed by atoms with Crippen molar-refractivity contribution in [2.45, 2.75) is 0 Å². The van der Waals surface area contributed by atoms with Crippen LogP contribution in [0.15, 0.2) is 0 Å². The van der Waals surface area contributed by atoms with Crippen LogP contribution in [-0.4, -0.2) is 30.8 Å². The summed E-state index contributed by atoms with van der Waals surface area (Å²) in [5.41, 5.74) is 0. The van der Waals surface area contributed by atoms with Crippen molar-refractivity contribution in [3.05, 3.63) is 0 Å². The van der Waals surface area contributed by atoms with Gasteiger partial charge >= 0.3 is 47.4 Å². The van der Waals surface area contributed by atoms with E-state index in [0.29, 0.717) is 0 Å². The molecule has 0 atom stereocenters. The van der Waals surface area contributed by atoms with Crippen molar-refractivity contribution in [3.63, 3.8) is 0 Å². The fourth-order valence-corrected chi connectivity index (χ4v) is 0. The summed E-state index contributed by atoms with van der Waals surface area (Å²) in [7, 11) is 0.484. The molecule has 0 fully saturated rings. The van der Waals surface area contributed by atoms with Crippen LogP contribution in [0.2, 0.25) is 0 Å². The van der Waals surface area contributed by atoms with Gasteiger partial charge in [-0.3, -0.25) is 0 Å². The van der Waals surface area contributed by atoms with Gasteiger partial charge in [-0.15, -0.1) is 0 Å². The Labute approximate surface area is 47.3 Å². The van der Waals surface area contributed by atoms with E-state index in [-0.39, 0.29) is 0 Å². The Morgan fingerprint density at radius 1 is 1.67 bits per heavy atom. The van der Waals surface area contributed by atoms with Gasteiger partial charge in [0.25, 0.3) is 0 Å². The van der Waals surface area contributed by atoms with Crippen molar-refractivity contribution in [2.75, 3.05) is 0 Å². The Bertz CT molecular complexity index is 119. The third kappa shape index (κ3) is 4.93. The fraction of sp³-hybridized carbons (Fsp3) is 0. The molecule has 0 amide bonds. The molecule has 6 heteroatoms. The first-order valence-corrected chi connectivity index (χ1v) is 11.0. The minimum atomic E-state index is -3.66. The summed E-state index contributed by atoms with van der Waals surface area (Å²) < 4.78 is 26.9. The van der Waals surface area contributed by atoms with Gasteiger partial charge in [-0.05, 0) is 0 Å². The van der Waals surface area contributed by atoms with Crippen molar-refractivity contribution in [2.24, 2.45) is 0 Å². The van der Waals surface area contributed by atoms with Crippen LogP contribution < -0.4 is 0 Å². The Kier molecular flexibility index (Phi) is 2.65. The quantitative estimate of drug-likeness (QED) is 0.482. The predicted molar refractivity (Wildman–Crippen MR) is 26.3 cm³/mol. The van der Waals surface area contributed by atoms with Crippen molar-refractivity contribution < 1.29 is 13.0 Å². The first-order chi connectivity index (χ1) is 2.56. The van der Waals surface area contributed by atoms with Crippen LogP contribution in [-0.2, 0) is 7.30 Å². The second-order valence-electron chi connectivity index (χ2n) is 0.611. The summed E-state index contributed by atoms with van der Waals surface area (Å²) in [5, 5.41) is 0. The van der Waals surface area contributed by atoms with Gasteiger partial charge in [-0.1, -0.05) is 0 Å². The summed E-state index contributed by atoms with van der Waals surface area (Å²) in [6.45, 7) is 0. The minimum absolute atomic E-state index is 2.01. The molecule has 0 spiro atoms. The van der Waals surface area contributed by atoms with Crippen LogP contribution >= 0.6 is 9.29 Å². The number of rotatable bonds is 1. The van der Waals surface area contributed by atoms with Crippen LogP contribution in [0.25, 0.3) is 0 Å². The molecule has 0 saturated carbocycles. The van der Waals surface area contributed by atoms with E-state index < -0.39 is 25.1 Å². The Morgan fingerprint density at radius 3 is 1.83 bits per heavy atom. The molecule has 0 heterocycles. The van der Waals surface area contributed by atoms with Gasteiger partial charge < -0.3 is 0 Å². The zero-order chi connectivity index (χ0) is 5.21. The summed E-state index contributed by atoms with van der Waals surface area (Å²) in [6, 6.07) is 0. The molecule has 0 aliphatic carbocycles. The molecule has 0 unspecified atom stereocenters. The SMILES string of the molecule is O=[S](=O)(O)[SnH]=[S]. The van der Waals surface area contributed by atoms with Crippen molar-refractivity contribution in [3.8, 4) is 0 Å². The van der Waals surface area contributed by atoms with E-state index in [1.807, 2.05) is 0 Å². The van der Waals surface area contributed by atoms with E-state index in [9.17, 15) is 8.42 Å². The maximum absolute atomic E-state index is 9.54. The van der Waals surface area contributed by atoms with Crippen molar-refractivity contribution in [1.82, 2.24) is 0 Å². The van der Waals surface area contributed by atoms with E-state index in [2.05, 4.69) is 9.29 Å². The zero-order valence-corrected chi connectivity index (χ0v) is 7.59. The Balaban J connectivity index is 4.25. The molecule has 0 aromatic carbocycles. The van der Waals surface area contributed by atoms with Crippen LogP contribution in [0, 0.1) is 0 Å². The van der Waals surface area contributed by atoms with E-state index in [0.717, 1.165) is 0 Å². The van der Waals surface area contributed by atoms with Gasteiger partial charge in [-0.2, -0.15) is 0 Å². The van der Waals surface area contributed by atoms with Crippen LogP contribution in [0.4, 0.5) is 0 Å². The van der Waals surface area contributed by atoms with Crippen LogP contribution in [0.3, 0.4) is 0 Å². The van der Waals surface area contributed by atoms with E-state index >= 15 is 0 Å². The second-order valence-corrected chi connectivity index (χ2v) is 12.5. The molecule has 6 heavy (non-hydrogen) atoms. The van der Waals surface area contributed by atoms with Gasteiger partial charge in [0.1, 0.15) is 0 Å². The molecule has 3 nitrogen and oxygen atoms in total. The second kappa shape index (κ2) is 2.29. The van der Waals surface area contributed by atoms with Gasteiger partial charge in [0.05, 0.1) is 0 Å². The molecular weight excluding hydrogens is 231 g/mol. The molecule has 0 bridgehead atoms. The van der Waals surface area contributed by atoms with Gasteiger partial charge in [0, 0.05) is 0 Å². The topological polar surface area (TPSA) is 54.4 Å². The van der Waals surface area contributed by atoms with Crippen LogP contribution in [0.5, 0.6) is 0 Å². The first-order valence-electron chi connectivity index (χ1n) is 0.987. The number of hydrogen-bond acceptors (Lipinski definition) is 3. The summed E-state index contributed by atoms with van der Waals surface area (Å²) in [6.07, 6.45) is 0. The van der Waals surface area contributed by atoms with Crippen molar-refractivity contribution in [1.29, 1.82) is 0 Å². The summed E-state index contributed by atoms with van der Waals surface area (Å²) in [5.74, 6) is 0. The molecule has 0 aromatic heterocycles. The molecule has 0 rings (SSSR count). The maximum atomic E-state index is 9.54. The molecular formula is H2O3S2Sn. The van der Waals surface area contributed by atoms with Crippen LogP contribution in [0.1, 0.15) is 0 Å². The van der Waals surface area contributed by atoms with E-state index in [1.54, 1.807) is 0 Å². The number of hydrogen-bond donors (Lipinski definition) is 1. The van der Waals surface area contributed by atoms with Crippen molar-refractivity contribution >= 4 is 34.4 Å². The summed E-state index contributed by atoms with van der Waals surface area (Å²) in [4.78, 5) is 0. The third-order valence-electron chi connectivity index (χ3n) is 0.122. The molecule has 36 valence electrons. The Morgan fingerprint density at radius 2 is 1.83 bits per heavy atom. The standard InChI is InChI=1S/HO3S.S.Sn.H/c1-4(2)3;;;/h(H,1,2,3);;;. The monoisotopic (exact) mass is 234 g/mol. The molecule has 0 aliphatic rings. The average Bonchev–Trinajstić information content (AvgIpc) is 1.35. The molecule has 0 aliphatic heterocycles. The third-order valence-corrected chi connectivity index (χ3v) is 7.34. The fourth-order valence-electron chi connectivity index (χ4n) is 0. The molecule has 0 radical (unpaired) electrons. The summed E-state index contributed by atoms with van der Waals surface area (Å²) >= 11 is -2.01. The first kappa shape index (κ1) is 6.93. The van der Waals surface area contributed by atoms with E-state index in [1.165, 1.54) is 0 Å². The average molecular weight is 233 g/mol. The zero-order valence-electron chi connectivity index (χ0n) is 2.66.